The van der Waals surface area contributed by atoms with E-state index in [0.29, 0.717) is 118 Å². The van der Waals surface area contributed by atoms with Gasteiger partial charge in [0.2, 0.25) is 0 Å². The van der Waals surface area contributed by atoms with E-state index in [1.807, 2.05) is 25.1 Å². The Morgan fingerprint density at radius 2 is 0.969 bits per heavy atom. The van der Waals surface area contributed by atoms with Crippen molar-refractivity contribution in [2.75, 3.05) is 145 Å². The maximum absolute atomic E-state index is 13.8. The number of rotatable bonds is 45. The van der Waals surface area contributed by atoms with Crippen LogP contribution < -0.4 is 0 Å². The number of carbonyl (C=O) groups excluding carboxylic acids is 3. The van der Waals surface area contributed by atoms with Gasteiger partial charge in [-0.2, -0.15) is 0 Å². The summed E-state index contributed by atoms with van der Waals surface area (Å²) in [5, 5.41) is 0.878. The zero-order valence-electron chi connectivity index (χ0n) is 40.0. The van der Waals surface area contributed by atoms with Gasteiger partial charge in [0, 0.05) is 19.1 Å². The van der Waals surface area contributed by atoms with E-state index < -0.39 is 34.2 Å². The average molecular weight is 952 g/mol. The van der Waals surface area contributed by atoms with Gasteiger partial charge in [0.1, 0.15) is 18.2 Å². The molecule has 1 heterocycles. The van der Waals surface area contributed by atoms with Crippen LogP contribution in [-0.2, 0) is 71.2 Å². The topological polar surface area (TPSA) is 175 Å². The Bertz CT molecular complexity index is 1300. The first-order valence-corrected chi connectivity index (χ1v) is 25.1. The van der Waals surface area contributed by atoms with Crippen LogP contribution in [0.5, 0.6) is 0 Å². The molecule has 0 aromatic carbocycles. The van der Waals surface area contributed by atoms with Crippen LogP contribution in [0.2, 0.25) is 0 Å². The van der Waals surface area contributed by atoms with Crippen LogP contribution in [0.3, 0.4) is 0 Å². The Labute approximate surface area is 391 Å². The molecule has 0 spiro atoms. The van der Waals surface area contributed by atoms with Gasteiger partial charge >= 0.3 is 17.9 Å². The Morgan fingerprint density at radius 3 is 1.42 bits per heavy atom. The minimum absolute atomic E-state index is 0.0475. The lowest BCUT2D eigenvalue weighted by Crippen LogP contribution is -2.44. The minimum atomic E-state index is -1.17. The van der Waals surface area contributed by atoms with Crippen LogP contribution in [0.1, 0.15) is 86.5 Å². The van der Waals surface area contributed by atoms with Gasteiger partial charge in [0.15, 0.2) is 0 Å². The summed E-state index contributed by atoms with van der Waals surface area (Å²) in [4.78, 5) is 45.1. The van der Waals surface area contributed by atoms with Crippen LogP contribution in [0.4, 0.5) is 0 Å². The number of carbonyl (C=O) groups is 3. The van der Waals surface area contributed by atoms with Gasteiger partial charge in [-0.15, -0.1) is 0 Å². The third-order valence-electron chi connectivity index (χ3n) is 9.84. The molecule has 1 aromatic rings. The summed E-state index contributed by atoms with van der Waals surface area (Å²) in [7, 11) is 4.70. The first-order chi connectivity index (χ1) is 30.9. The van der Waals surface area contributed by atoms with Crippen LogP contribution in [-0.4, -0.2) is 168 Å². The number of ether oxygens (including phenoxy) is 12. The molecule has 0 radical (unpaired) electrons. The second kappa shape index (κ2) is 38.9. The van der Waals surface area contributed by atoms with Gasteiger partial charge in [-0.25, -0.2) is 4.98 Å². The van der Waals surface area contributed by atoms with Gasteiger partial charge in [-0.1, -0.05) is 50.0 Å². The van der Waals surface area contributed by atoms with Gasteiger partial charge < -0.3 is 56.8 Å². The summed E-state index contributed by atoms with van der Waals surface area (Å²) >= 11 is 0. The van der Waals surface area contributed by atoms with Crippen LogP contribution in [0.25, 0.3) is 0 Å². The van der Waals surface area contributed by atoms with Crippen molar-refractivity contribution in [1.82, 2.24) is 4.98 Å². The molecular formula is C46H81NO15S2. The van der Waals surface area contributed by atoms with Gasteiger partial charge in [0.05, 0.1) is 135 Å². The lowest BCUT2D eigenvalue weighted by Gasteiger charge is -2.39. The fourth-order valence-corrected chi connectivity index (χ4v) is 8.04. The van der Waals surface area contributed by atoms with E-state index >= 15 is 0 Å². The smallest absolute Gasteiger partial charge is 0.311 e. The molecule has 18 heteroatoms. The van der Waals surface area contributed by atoms with E-state index in [4.69, 9.17) is 56.8 Å². The fourth-order valence-electron chi connectivity index (χ4n) is 6.34. The van der Waals surface area contributed by atoms with Crippen molar-refractivity contribution in [3.05, 3.63) is 24.4 Å². The maximum Gasteiger partial charge on any atom is 0.311 e. The van der Waals surface area contributed by atoms with E-state index in [2.05, 4.69) is 11.9 Å². The zero-order valence-corrected chi connectivity index (χ0v) is 41.6. The second-order valence-electron chi connectivity index (χ2n) is 16.1. The molecular weight excluding hydrogens is 871 g/mol. The Hall–Kier alpha value is -2.10. The standard InChI is InChI=1S/C46H81NO15S2/c1-8-10-11-14-17-60-43(50)46(6,38-44(3,4)41(48)62-36-37-63-64-40-15-12-13-16-47-40)39-45(5,9-2)42(49)61-35-34-59-33-32-58-31-30-57-29-28-56-27-26-55-25-24-54-23-22-53-21-20-52-19-18-51-7/h12-13,15-16H,8-11,14,17-39H2,1-7H3. The predicted octanol–water partition coefficient (Wildman–Crippen LogP) is 7.04. The highest BCUT2D eigenvalue weighted by molar-refractivity contribution is 8.76. The first-order valence-electron chi connectivity index (χ1n) is 22.8. The van der Waals surface area contributed by atoms with Crippen molar-refractivity contribution >= 4 is 39.5 Å². The molecule has 0 bridgehead atoms. The molecule has 0 saturated heterocycles. The molecule has 0 N–H and O–H groups in total. The van der Waals surface area contributed by atoms with Crippen LogP contribution in [0.15, 0.2) is 29.4 Å². The molecule has 0 saturated carbocycles. The zero-order chi connectivity index (χ0) is 47.0. The summed E-state index contributed by atoms with van der Waals surface area (Å²) < 4.78 is 66.0. The first kappa shape index (κ1) is 59.9. The van der Waals surface area contributed by atoms with Gasteiger partial charge in [0.25, 0.3) is 0 Å². The van der Waals surface area contributed by atoms with E-state index in [0.717, 1.165) is 30.7 Å². The quantitative estimate of drug-likeness (QED) is 0.0281. The number of aromatic nitrogens is 1. The highest BCUT2D eigenvalue weighted by Gasteiger charge is 2.50. The number of hydrogen-bond acceptors (Lipinski definition) is 18. The Balaban J connectivity index is 2.31. The summed E-state index contributed by atoms with van der Waals surface area (Å²) in [6.07, 6.45) is 6.23. The number of pyridine rings is 1. The molecule has 1 aromatic heterocycles. The van der Waals surface area contributed by atoms with Crippen molar-refractivity contribution in [3.8, 4) is 0 Å². The molecule has 372 valence electrons. The second-order valence-corrected chi connectivity index (χ2v) is 18.6. The minimum Gasteiger partial charge on any atom is -0.465 e. The van der Waals surface area contributed by atoms with E-state index in [1.165, 1.54) is 10.8 Å². The fraction of sp³-hybridized carbons (Fsp3) is 0.826. The lowest BCUT2D eigenvalue weighted by molar-refractivity contribution is -0.169. The molecule has 0 aliphatic heterocycles. The molecule has 0 amide bonds. The van der Waals surface area contributed by atoms with E-state index in [1.54, 1.807) is 51.8 Å². The normalized spacial score (nSPS) is 13.6. The number of hydrogen-bond donors (Lipinski definition) is 0. The van der Waals surface area contributed by atoms with Crippen LogP contribution in [0, 0.1) is 16.2 Å². The highest BCUT2D eigenvalue weighted by atomic mass is 33.1. The summed E-state index contributed by atoms with van der Waals surface area (Å²) in [6, 6.07) is 5.70. The predicted molar refractivity (Wildman–Crippen MR) is 248 cm³/mol. The van der Waals surface area contributed by atoms with Gasteiger partial charge in [-0.05, 0) is 76.3 Å². The maximum atomic E-state index is 13.8. The van der Waals surface area contributed by atoms with E-state index in [9.17, 15) is 14.4 Å². The van der Waals surface area contributed by atoms with Crippen molar-refractivity contribution in [3.63, 3.8) is 0 Å². The number of esters is 3. The third-order valence-corrected chi connectivity index (χ3v) is 12.1. The molecule has 1 rings (SSSR count). The summed E-state index contributed by atoms with van der Waals surface area (Å²) in [5.41, 5.74) is -3.23. The highest BCUT2D eigenvalue weighted by Crippen LogP contribution is 2.46. The summed E-state index contributed by atoms with van der Waals surface area (Å²) in [5.74, 6) is -0.710. The van der Waals surface area contributed by atoms with E-state index in [-0.39, 0.29) is 39.3 Å². The molecule has 0 aliphatic rings. The number of nitrogens with zero attached hydrogens (tertiary/aromatic N) is 1. The molecule has 0 fully saturated rings. The van der Waals surface area contributed by atoms with Crippen molar-refractivity contribution in [1.29, 1.82) is 0 Å². The SMILES string of the molecule is CCCCCCOC(=O)C(C)(CC(C)(C)C(=O)OCCSSc1ccccn1)CC(C)(CC)C(=O)OCCOCCOCCOCCOCCOCCOCCOCCOCCOC. The number of methoxy groups -OCH3 is 1. The summed E-state index contributed by atoms with van der Waals surface area (Å²) in [6.45, 7) is 19.4. The molecule has 2 unspecified atom stereocenters. The Morgan fingerprint density at radius 1 is 0.516 bits per heavy atom. The Kier molecular flexibility index (Phi) is 36.5. The van der Waals surface area contributed by atoms with Gasteiger partial charge in [-0.3, -0.25) is 14.4 Å². The third kappa shape index (κ3) is 30.2. The average Bonchev–Trinajstić information content (AvgIpc) is 3.28. The molecule has 0 aliphatic carbocycles. The molecule has 16 nitrogen and oxygen atoms in total. The van der Waals surface area contributed by atoms with Crippen LogP contribution >= 0.6 is 21.6 Å². The molecule has 2 atom stereocenters. The monoisotopic (exact) mass is 952 g/mol. The lowest BCUT2D eigenvalue weighted by atomic mass is 9.65. The van der Waals surface area contributed by atoms with Crippen molar-refractivity contribution in [2.24, 2.45) is 16.2 Å². The van der Waals surface area contributed by atoms with Crippen molar-refractivity contribution < 1.29 is 71.2 Å². The largest absolute Gasteiger partial charge is 0.465 e. The van der Waals surface area contributed by atoms with Crippen molar-refractivity contribution in [2.45, 2.75) is 91.5 Å². The molecule has 64 heavy (non-hydrogen) atoms. The number of unbranched alkanes of at least 4 members (excludes halogenated alkanes) is 3.